The van der Waals surface area contributed by atoms with E-state index in [0.717, 1.165) is 5.56 Å². The van der Waals surface area contributed by atoms with Gasteiger partial charge in [-0.05, 0) is 34.6 Å². The van der Waals surface area contributed by atoms with E-state index in [2.05, 4.69) is 36.3 Å². The average molecular weight is 327 g/mol. The zero-order valence-electron chi connectivity index (χ0n) is 13.2. The molecule has 0 saturated heterocycles. The standard InChI is InChI=1S/C17H17N3O2S/c1-17(2,3)13-6-4-11(5-7-13)14(21)18-16-20-19-15(22-16)12-8-9-23-10-12/h4-10H,1-3H3,(H,18,20,21). The Labute approximate surface area is 138 Å². The van der Waals surface area contributed by atoms with Crippen LogP contribution in [-0.4, -0.2) is 16.1 Å². The van der Waals surface area contributed by atoms with Crippen molar-refractivity contribution in [3.63, 3.8) is 0 Å². The van der Waals surface area contributed by atoms with Crippen molar-refractivity contribution in [3.05, 3.63) is 52.2 Å². The lowest BCUT2D eigenvalue weighted by Crippen LogP contribution is -2.14. The van der Waals surface area contributed by atoms with Gasteiger partial charge in [-0.1, -0.05) is 38.0 Å². The Morgan fingerprint density at radius 1 is 1.13 bits per heavy atom. The van der Waals surface area contributed by atoms with Crippen molar-refractivity contribution >= 4 is 23.3 Å². The number of carbonyl (C=O) groups excluding carboxylic acids is 1. The topological polar surface area (TPSA) is 68.0 Å². The number of carbonyl (C=O) groups is 1. The number of thiophene rings is 1. The second-order valence-electron chi connectivity index (χ2n) is 6.21. The molecule has 0 radical (unpaired) electrons. The van der Waals surface area contributed by atoms with E-state index in [1.54, 1.807) is 23.5 Å². The van der Waals surface area contributed by atoms with Crippen molar-refractivity contribution in [2.24, 2.45) is 0 Å². The molecule has 1 N–H and O–H groups in total. The Morgan fingerprint density at radius 3 is 2.48 bits per heavy atom. The molecule has 23 heavy (non-hydrogen) atoms. The first kappa shape index (κ1) is 15.4. The van der Waals surface area contributed by atoms with Crippen LogP contribution in [0.1, 0.15) is 36.7 Å². The summed E-state index contributed by atoms with van der Waals surface area (Å²) in [5, 5.41) is 14.2. The van der Waals surface area contributed by atoms with E-state index in [1.165, 1.54) is 5.56 Å². The summed E-state index contributed by atoms with van der Waals surface area (Å²) in [5.74, 6) is 0.121. The third kappa shape index (κ3) is 3.48. The van der Waals surface area contributed by atoms with Gasteiger partial charge in [-0.3, -0.25) is 10.1 Å². The number of aromatic nitrogens is 2. The summed E-state index contributed by atoms with van der Waals surface area (Å²) < 4.78 is 5.45. The highest BCUT2D eigenvalue weighted by Gasteiger charge is 2.16. The molecule has 118 valence electrons. The van der Waals surface area contributed by atoms with E-state index in [1.807, 2.05) is 29.0 Å². The molecule has 0 aliphatic rings. The first-order valence-electron chi connectivity index (χ1n) is 7.21. The van der Waals surface area contributed by atoms with Crippen molar-refractivity contribution in [3.8, 4) is 11.5 Å². The highest BCUT2D eigenvalue weighted by atomic mass is 32.1. The van der Waals surface area contributed by atoms with Crippen LogP contribution in [0.5, 0.6) is 0 Å². The number of nitrogens with zero attached hydrogens (tertiary/aromatic N) is 2. The second-order valence-corrected chi connectivity index (χ2v) is 6.99. The van der Waals surface area contributed by atoms with Gasteiger partial charge in [-0.25, -0.2) is 0 Å². The SMILES string of the molecule is CC(C)(C)c1ccc(C(=O)Nc2nnc(-c3ccsc3)o2)cc1. The van der Waals surface area contributed by atoms with Gasteiger partial charge >= 0.3 is 6.01 Å². The molecule has 2 aromatic heterocycles. The highest BCUT2D eigenvalue weighted by molar-refractivity contribution is 7.08. The quantitative estimate of drug-likeness (QED) is 0.776. The molecule has 2 heterocycles. The Balaban J connectivity index is 1.72. The third-order valence-electron chi connectivity index (χ3n) is 3.43. The number of hydrogen-bond donors (Lipinski definition) is 1. The molecule has 3 aromatic rings. The van der Waals surface area contributed by atoms with Crippen molar-refractivity contribution < 1.29 is 9.21 Å². The van der Waals surface area contributed by atoms with Gasteiger partial charge in [0.25, 0.3) is 11.8 Å². The molecule has 5 nitrogen and oxygen atoms in total. The fourth-order valence-electron chi connectivity index (χ4n) is 2.07. The minimum Gasteiger partial charge on any atom is -0.403 e. The molecule has 1 amide bonds. The summed E-state index contributed by atoms with van der Waals surface area (Å²) in [5.41, 5.74) is 2.62. The smallest absolute Gasteiger partial charge is 0.322 e. The van der Waals surface area contributed by atoms with Gasteiger partial charge in [0.05, 0.1) is 0 Å². The largest absolute Gasteiger partial charge is 0.403 e. The van der Waals surface area contributed by atoms with Crippen LogP contribution in [0.15, 0.2) is 45.5 Å². The Morgan fingerprint density at radius 2 is 1.87 bits per heavy atom. The number of nitrogens with one attached hydrogen (secondary N) is 1. The van der Waals surface area contributed by atoms with Gasteiger partial charge in [-0.2, -0.15) is 11.3 Å². The highest BCUT2D eigenvalue weighted by Crippen LogP contribution is 2.24. The molecule has 6 heteroatoms. The second kappa shape index (κ2) is 5.96. The predicted molar refractivity (Wildman–Crippen MR) is 90.7 cm³/mol. The maximum absolute atomic E-state index is 12.2. The van der Waals surface area contributed by atoms with Crippen LogP contribution >= 0.6 is 11.3 Å². The molecule has 0 atom stereocenters. The van der Waals surface area contributed by atoms with Crippen LogP contribution in [0.2, 0.25) is 0 Å². The van der Waals surface area contributed by atoms with Crippen LogP contribution in [0.3, 0.4) is 0 Å². The molecule has 0 spiro atoms. The number of amides is 1. The summed E-state index contributed by atoms with van der Waals surface area (Å²) >= 11 is 1.54. The lowest BCUT2D eigenvalue weighted by atomic mass is 9.87. The molecule has 0 aliphatic heterocycles. The van der Waals surface area contributed by atoms with Crippen LogP contribution in [0, 0.1) is 0 Å². The zero-order valence-corrected chi connectivity index (χ0v) is 14.0. The van der Waals surface area contributed by atoms with Crippen LogP contribution in [-0.2, 0) is 5.41 Å². The molecule has 0 unspecified atom stereocenters. The summed E-state index contributed by atoms with van der Waals surface area (Å²) in [7, 11) is 0. The maximum Gasteiger partial charge on any atom is 0.322 e. The Bertz CT molecular complexity index is 799. The van der Waals surface area contributed by atoms with Crippen LogP contribution < -0.4 is 5.32 Å². The molecule has 0 saturated carbocycles. The first-order chi connectivity index (χ1) is 10.9. The number of benzene rings is 1. The van der Waals surface area contributed by atoms with Crippen molar-refractivity contribution in [1.29, 1.82) is 0 Å². The molecule has 3 rings (SSSR count). The van der Waals surface area contributed by atoms with Crippen molar-refractivity contribution in [1.82, 2.24) is 10.2 Å². The molecule has 0 aliphatic carbocycles. The Kier molecular flexibility index (Phi) is 4.00. The Hall–Kier alpha value is -2.47. The summed E-state index contributed by atoms with van der Waals surface area (Å²) in [6, 6.07) is 9.49. The van der Waals surface area contributed by atoms with E-state index in [9.17, 15) is 4.79 Å². The number of rotatable bonds is 3. The first-order valence-corrected chi connectivity index (χ1v) is 8.16. The molecule has 0 fully saturated rings. The van der Waals surface area contributed by atoms with E-state index in [-0.39, 0.29) is 17.3 Å². The zero-order chi connectivity index (χ0) is 16.4. The van der Waals surface area contributed by atoms with E-state index in [0.29, 0.717) is 11.5 Å². The number of anilines is 1. The van der Waals surface area contributed by atoms with E-state index >= 15 is 0 Å². The van der Waals surface area contributed by atoms with Gasteiger partial charge in [0.2, 0.25) is 0 Å². The number of hydrogen-bond acceptors (Lipinski definition) is 5. The van der Waals surface area contributed by atoms with Crippen molar-refractivity contribution in [2.75, 3.05) is 5.32 Å². The van der Waals surface area contributed by atoms with Gasteiger partial charge in [0.15, 0.2) is 0 Å². The predicted octanol–water partition coefficient (Wildman–Crippen LogP) is 4.35. The van der Waals surface area contributed by atoms with Crippen molar-refractivity contribution in [2.45, 2.75) is 26.2 Å². The molecular formula is C17H17N3O2S. The molecule has 0 bridgehead atoms. The fraction of sp³-hybridized carbons (Fsp3) is 0.235. The molecular weight excluding hydrogens is 310 g/mol. The minimum atomic E-state index is -0.272. The lowest BCUT2D eigenvalue weighted by molar-refractivity contribution is 0.102. The monoisotopic (exact) mass is 327 g/mol. The maximum atomic E-state index is 12.2. The van der Waals surface area contributed by atoms with Crippen LogP contribution in [0.4, 0.5) is 6.01 Å². The lowest BCUT2D eigenvalue weighted by Gasteiger charge is -2.18. The van der Waals surface area contributed by atoms with Gasteiger partial charge in [-0.15, -0.1) is 5.10 Å². The summed E-state index contributed by atoms with van der Waals surface area (Å²) in [4.78, 5) is 12.2. The van der Waals surface area contributed by atoms with Gasteiger partial charge in [0, 0.05) is 16.5 Å². The van der Waals surface area contributed by atoms with E-state index < -0.39 is 0 Å². The normalized spacial score (nSPS) is 11.4. The minimum absolute atomic E-state index is 0.0525. The van der Waals surface area contributed by atoms with Gasteiger partial charge < -0.3 is 4.42 Å². The van der Waals surface area contributed by atoms with Crippen LogP contribution in [0.25, 0.3) is 11.5 Å². The fourth-order valence-corrected chi connectivity index (χ4v) is 2.70. The summed E-state index contributed by atoms with van der Waals surface area (Å²) in [6.45, 7) is 6.39. The summed E-state index contributed by atoms with van der Waals surface area (Å²) in [6.07, 6.45) is 0. The average Bonchev–Trinajstić information content (AvgIpc) is 3.17. The molecule has 1 aromatic carbocycles. The van der Waals surface area contributed by atoms with Gasteiger partial charge in [0.1, 0.15) is 0 Å². The van der Waals surface area contributed by atoms with E-state index in [4.69, 9.17) is 4.42 Å². The third-order valence-corrected chi connectivity index (χ3v) is 4.11.